The van der Waals surface area contributed by atoms with E-state index < -0.39 is 30.1 Å². The summed E-state index contributed by atoms with van der Waals surface area (Å²) in [6, 6.07) is 0. The second-order valence-electron chi connectivity index (χ2n) is 5.50. The van der Waals surface area contributed by atoms with Crippen molar-refractivity contribution < 1.29 is 0 Å². The number of rotatable bonds is 7. The van der Waals surface area contributed by atoms with Gasteiger partial charge in [0.25, 0.3) is 0 Å². The van der Waals surface area contributed by atoms with E-state index in [9.17, 15) is 14.4 Å². The maximum atomic E-state index is 12.6. The van der Waals surface area contributed by atoms with Crippen LogP contribution in [0.2, 0.25) is 13.1 Å². The molecule has 0 aromatic carbocycles. The minimum Gasteiger partial charge on any atom is -0.247 e. The third-order valence-electron chi connectivity index (χ3n) is 3.45. The molecule has 0 amide bonds. The van der Waals surface area contributed by atoms with E-state index in [0.29, 0.717) is 6.42 Å². The van der Waals surface area contributed by atoms with Gasteiger partial charge in [0.2, 0.25) is 0 Å². The first-order valence-electron chi connectivity index (χ1n) is 7.07. The van der Waals surface area contributed by atoms with E-state index in [0.717, 1.165) is 13.7 Å². The van der Waals surface area contributed by atoms with Crippen molar-refractivity contribution in [2.45, 2.75) is 45.2 Å². The first-order chi connectivity index (χ1) is 10.2. The summed E-state index contributed by atoms with van der Waals surface area (Å²) >= 11 is 6.48. The van der Waals surface area contributed by atoms with Crippen LogP contribution in [0.1, 0.15) is 19.0 Å². The van der Waals surface area contributed by atoms with Gasteiger partial charge in [0.1, 0.15) is 0 Å². The molecule has 0 bridgehead atoms. The third-order valence-corrected chi connectivity index (χ3v) is 6.46. The lowest BCUT2D eigenvalue weighted by Gasteiger charge is -2.27. The van der Waals surface area contributed by atoms with Gasteiger partial charge in [-0.25, -0.2) is 28.1 Å². The normalized spacial score (nSPS) is 12.9. The van der Waals surface area contributed by atoms with Crippen LogP contribution in [0.4, 0.5) is 0 Å². The molecule has 0 spiro atoms. The highest BCUT2D eigenvalue weighted by molar-refractivity contribution is 7.19. The highest BCUT2D eigenvalue weighted by Gasteiger charge is 2.33. The zero-order valence-electron chi connectivity index (χ0n) is 13.2. The first-order valence-corrected chi connectivity index (χ1v) is 11.2. The molecule has 1 unspecified atom stereocenters. The van der Waals surface area contributed by atoms with E-state index in [2.05, 4.69) is 13.2 Å². The van der Waals surface area contributed by atoms with Gasteiger partial charge in [-0.05, 0) is 6.42 Å². The molecule has 0 saturated heterocycles. The Balaban J connectivity index is 3.88. The minimum absolute atomic E-state index is 0.0375. The van der Waals surface area contributed by atoms with Gasteiger partial charge in [-0.1, -0.05) is 32.2 Å². The Morgan fingerprint density at radius 1 is 1.05 bits per heavy atom. The summed E-state index contributed by atoms with van der Waals surface area (Å²) < 4.78 is 3.11. The number of hydrogen-bond donors (Lipinski definition) is 0. The Labute approximate surface area is 134 Å². The summed E-state index contributed by atoms with van der Waals surface area (Å²) in [5.41, 5.74) is -2.33. The predicted molar refractivity (Wildman–Crippen MR) is 92.3 cm³/mol. The number of hydrogen-bond acceptors (Lipinski definition) is 3. The molecule has 1 atom stereocenters. The van der Waals surface area contributed by atoms with Crippen LogP contribution in [0.5, 0.6) is 0 Å². The van der Waals surface area contributed by atoms with Crippen LogP contribution in [0.15, 0.2) is 39.7 Å². The van der Waals surface area contributed by atoms with Gasteiger partial charge in [0.15, 0.2) is 7.38 Å². The lowest BCUT2D eigenvalue weighted by molar-refractivity contribution is 0.458. The molecule has 6 nitrogen and oxygen atoms in total. The van der Waals surface area contributed by atoms with Gasteiger partial charge >= 0.3 is 17.1 Å². The molecule has 0 saturated carbocycles. The third kappa shape index (κ3) is 3.41. The van der Waals surface area contributed by atoms with Gasteiger partial charge in [-0.3, -0.25) is 0 Å². The number of halogens is 1. The van der Waals surface area contributed by atoms with Crippen LogP contribution in [-0.4, -0.2) is 21.1 Å². The largest absolute Gasteiger partial charge is 0.336 e. The van der Waals surface area contributed by atoms with Crippen molar-refractivity contribution in [2.75, 3.05) is 0 Å². The highest BCUT2D eigenvalue weighted by atomic mass is 35.6. The Morgan fingerprint density at radius 2 is 1.45 bits per heavy atom. The minimum atomic E-state index is -2.34. The summed E-state index contributed by atoms with van der Waals surface area (Å²) in [6.07, 6.45) is 3.43. The van der Waals surface area contributed by atoms with E-state index in [1.54, 1.807) is 0 Å². The fourth-order valence-electron chi connectivity index (χ4n) is 2.46. The van der Waals surface area contributed by atoms with E-state index >= 15 is 0 Å². The van der Waals surface area contributed by atoms with Gasteiger partial charge in [-0.2, -0.15) is 11.1 Å². The molecule has 1 rings (SSSR count). The maximum Gasteiger partial charge on any atom is 0.336 e. The molecule has 0 aliphatic carbocycles. The van der Waals surface area contributed by atoms with Crippen molar-refractivity contribution in [2.24, 2.45) is 0 Å². The molecule has 22 heavy (non-hydrogen) atoms. The smallest absolute Gasteiger partial charge is 0.247 e. The van der Waals surface area contributed by atoms with Gasteiger partial charge in [-0.15, -0.1) is 13.2 Å². The molecule has 1 aromatic heterocycles. The van der Waals surface area contributed by atoms with E-state index in [-0.39, 0.29) is 13.1 Å². The molecule has 1 aromatic rings. The Hall–Kier alpha value is -1.60. The topological polar surface area (TPSA) is 66.0 Å². The average molecular weight is 344 g/mol. The number of allylic oxidation sites excluding steroid dienone is 2. The lowest BCUT2D eigenvalue weighted by atomic mass is 10.4. The second-order valence-corrected chi connectivity index (χ2v) is 12.2. The molecule has 0 N–H and O–H groups in total. The molecule has 0 fully saturated rings. The monoisotopic (exact) mass is 343 g/mol. The van der Waals surface area contributed by atoms with Crippen LogP contribution >= 0.6 is 11.1 Å². The first kappa shape index (κ1) is 18.4. The summed E-state index contributed by atoms with van der Waals surface area (Å²) in [6.45, 7) is 12.8. The lowest BCUT2D eigenvalue weighted by Crippen LogP contribution is -2.57. The van der Waals surface area contributed by atoms with Crippen molar-refractivity contribution in [1.82, 2.24) is 13.7 Å². The number of aromatic nitrogens is 3. The average Bonchev–Trinajstić information content (AvgIpc) is 2.43. The molecular weight excluding hydrogens is 322 g/mol. The molecule has 0 aliphatic rings. The Morgan fingerprint density at radius 3 is 1.73 bits per heavy atom. The van der Waals surface area contributed by atoms with Crippen LogP contribution in [0, 0.1) is 0 Å². The summed E-state index contributed by atoms with van der Waals surface area (Å²) in [7, 11) is -2.34. The summed E-state index contributed by atoms with van der Waals surface area (Å²) in [5, 5.41) is 0. The van der Waals surface area contributed by atoms with Crippen molar-refractivity contribution in [3.8, 4) is 0 Å². The maximum absolute atomic E-state index is 12.6. The fraction of sp³-hybridized carbons (Fsp3) is 0.500. The molecule has 0 radical (unpaired) electrons. The highest BCUT2D eigenvalue weighted by Crippen LogP contribution is 2.25. The summed E-state index contributed by atoms with van der Waals surface area (Å²) in [4.78, 5) is 37.5. The van der Waals surface area contributed by atoms with Gasteiger partial charge < -0.3 is 0 Å². The van der Waals surface area contributed by atoms with E-state index in [4.69, 9.17) is 11.1 Å². The molecule has 122 valence electrons. The van der Waals surface area contributed by atoms with Crippen LogP contribution in [0.25, 0.3) is 0 Å². The van der Waals surface area contributed by atoms with Crippen LogP contribution < -0.4 is 17.1 Å². The Kier molecular flexibility index (Phi) is 5.96. The molecule has 8 heteroatoms. The van der Waals surface area contributed by atoms with Crippen LogP contribution in [-0.2, 0) is 13.1 Å². The quantitative estimate of drug-likeness (QED) is 0.428. The zero-order chi connectivity index (χ0) is 17.1. The SMILES string of the molecule is C=CCn1c(=O)n(CC=C)c(=O)n(C(CC)[Si](C)(C)Cl)c1=O. The van der Waals surface area contributed by atoms with Crippen molar-refractivity contribution in [1.29, 1.82) is 0 Å². The molecule has 1 heterocycles. The van der Waals surface area contributed by atoms with Crippen molar-refractivity contribution in [3.05, 3.63) is 56.8 Å². The van der Waals surface area contributed by atoms with Crippen molar-refractivity contribution in [3.63, 3.8) is 0 Å². The number of nitrogens with zero attached hydrogens (tertiary/aromatic N) is 3. The van der Waals surface area contributed by atoms with Crippen molar-refractivity contribution >= 4 is 18.5 Å². The second kappa shape index (κ2) is 7.10. The van der Waals surface area contributed by atoms with Gasteiger partial charge in [0, 0.05) is 0 Å². The molecular formula is C14H22ClN3O3Si. The molecule has 0 aliphatic heterocycles. The predicted octanol–water partition coefficient (Wildman–Crippen LogP) is 1.48. The summed E-state index contributed by atoms with van der Waals surface area (Å²) in [5.74, 6) is 0. The van der Waals surface area contributed by atoms with E-state index in [1.807, 2.05) is 20.0 Å². The van der Waals surface area contributed by atoms with E-state index in [1.165, 1.54) is 12.2 Å². The zero-order valence-corrected chi connectivity index (χ0v) is 15.0. The standard InChI is InChI=1S/C14H22ClN3O3Si/c1-6-9-16-12(19)17(10-7-2)14(21)18(13(16)20)11(8-3)22(4,5)15/h6-7,11H,1-2,8-10H2,3-5H3. The van der Waals surface area contributed by atoms with Crippen LogP contribution in [0.3, 0.4) is 0 Å². The fourth-order valence-corrected chi connectivity index (χ4v) is 5.02. The van der Waals surface area contributed by atoms with Gasteiger partial charge in [0.05, 0.1) is 18.8 Å². The Bertz CT molecular complexity index is 691.